The van der Waals surface area contributed by atoms with E-state index in [9.17, 15) is 24.3 Å². The lowest BCUT2D eigenvalue weighted by molar-refractivity contribution is -0.163. The number of esters is 1. The number of nitrogens with zero attached hydrogens (tertiary/aromatic N) is 2. The minimum Gasteiger partial charge on any atom is -0.455 e. The standard InChI is InChI=1S/C37H44ClN3O8/c1-4-6-13-29(43)39-27(23-47-3)32(24-11-8-7-9-12-24)48-36(46)30-28-18-19-37(49-28)31(30)34(44)41(21-10-22-42)33(37)35(45)40(20-5-2)26-16-14-25(38)15-17-26/h4-5,7-9,11-12,14-17,27-28,30-33,42H,1-2,6,10,13,18-23H2,3H3,(H,39,43)/t27-,28-,30+,31+,32-,33-,37+/m1/s1. The number of likely N-dealkylation sites (tertiary alicyclic amines) is 1. The van der Waals surface area contributed by atoms with Crippen LogP contribution in [0.5, 0.6) is 0 Å². The molecule has 7 atom stereocenters. The smallest absolute Gasteiger partial charge is 0.313 e. The second-order valence-corrected chi connectivity index (χ2v) is 13.0. The van der Waals surface area contributed by atoms with Crippen LogP contribution in [0.3, 0.4) is 0 Å². The van der Waals surface area contributed by atoms with Crippen LogP contribution in [0.1, 0.15) is 43.8 Å². The normalized spacial score (nSPS) is 25.0. The number of fused-ring (bicyclic) bond motifs is 1. The Morgan fingerprint density at radius 1 is 1.16 bits per heavy atom. The Morgan fingerprint density at radius 3 is 2.55 bits per heavy atom. The van der Waals surface area contributed by atoms with Crippen LogP contribution in [0.15, 0.2) is 79.9 Å². The molecule has 12 heteroatoms. The summed E-state index contributed by atoms with van der Waals surface area (Å²) >= 11 is 6.13. The van der Waals surface area contributed by atoms with E-state index in [1.54, 1.807) is 60.7 Å². The van der Waals surface area contributed by atoms with Crippen molar-refractivity contribution in [3.05, 3.63) is 90.5 Å². The maximum atomic E-state index is 14.6. The molecule has 3 aliphatic rings. The van der Waals surface area contributed by atoms with Gasteiger partial charge in [0.1, 0.15) is 17.7 Å². The van der Waals surface area contributed by atoms with Crippen molar-refractivity contribution in [1.82, 2.24) is 10.2 Å². The van der Waals surface area contributed by atoms with E-state index in [1.807, 2.05) is 6.07 Å². The summed E-state index contributed by atoms with van der Waals surface area (Å²) in [7, 11) is 1.50. The van der Waals surface area contributed by atoms with Gasteiger partial charge in [-0.1, -0.05) is 54.1 Å². The second-order valence-electron chi connectivity index (χ2n) is 12.6. The molecule has 0 radical (unpaired) electrons. The van der Waals surface area contributed by atoms with E-state index in [0.717, 1.165) is 0 Å². The fraction of sp³-hybridized carbons (Fsp3) is 0.459. The molecule has 3 heterocycles. The van der Waals surface area contributed by atoms with Crippen LogP contribution in [-0.4, -0.2) is 90.9 Å². The summed E-state index contributed by atoms with van der Waals surface area (Å²) in [5, 5.41) is 13.2. The van der Waals surface area contributed by atoms with Crippen molar-refractivity contribution in [3.8, 4) is 0 Å². The second kappa shape index (κ2) is 16.1. The summed E-state index contributed by atoms with van der Waals surface area (Å²) in [6.07, 6.45) is 3.40. The summed E-state index contributed by atoms with van der Waals surface area (Å²) in [6.45, 7) is 7.63. The van der Waals surface area contributed by atoms with Crippen LogP contribution >= 0.6 is 11.6 Å². The first-order valence-corrected chi connectivity index (χ1v) is 17.0. The molecule has 0 saturated carbocycles. The zero-order chi connectivity index (χ0) is 35.1. The molecule has 49 heavy (non-hydrogen) atoms. The van der Waals surface area contributed by atoms with Crippen LogP contribution in [0.2, 0.25) is 5.02 Å². The van der Waals surface area contributed by atoms with Gasteiger partial charge in [0, 0.05) is 43.9 Å². The number of allylic oxidation sites excluding steroid dienone is 1. The Kier molecular flexibility index (Phi) is 11.9. The Labute approximate surface area is 291 Å². The number of rotatable bonds is 17. The summed E-state index contributed by atoms with van der Waals surface area (Å²) in [5.74, 6) is -3.66. The summed E-state index contributed by atoms with van der Waals surface area (Å²) in [5.41, 5.74) is -0.0759. The van der Waals surface area contributed by atoms with Crippen molar-refractivity contribution in [2.24, 2.45) is 11.8 Å². The number of benzene rings is 2. The fourth-order valence-corrected chi connectivity index (χ4v) is 7.65. The molecule has 3 amide bonds. The molecule has 0 unspecified atom stereocenters. The lowest BCUT2D eigenvalue weighted by Crippen LogP contribution is -2.56. The Balaban J connectivity index is 1.48. The van der Waals surface area contributed by atoms with Crippen LogP contribution in [0, 0.1) is 11.8 Å². The van der Waals surface area contributed by atoms with Crippen molar-refractivity contribution in [1.29, 1.82) is 0 Å². The molecular formula is C37H44ClN3O8. The molecule has 5 rings (SSSR count). The Hall–Kier alpha value is -4.03. The highest BCUT2D eigenvalue weighted by Gasteiger charge is 2.75. The summed E-state index contributed by atoms with van der Waals surface area (Å²) in [6, 6.07) is 14.0. The van der Waals surface area contributed by atoms with Gasteiger partial charge in [-0.3, -0.25) is 19.2 Å². The summed E-state index contributed by atoms with van der Waals surface area (Å²) < 4.78 is 18.3. The van der Waals surface area contributed by atoms with Gasteiger partial charge in [0.2, 0.25) is 11.8 Å². The SMILES string of the molecule is C=CCCC(=O)N[C@H](COC)[C@H](OC(=O)[C@@H]1[C@H]2C(=O)N(CCCO)[C@H](C(=O)N(CC=C)c3ccc(Cl)cc3)[C@]23CC[C@H]1O3)c1ccccc1. The predicted octanol–water partition coefficient (Wildman–Crippen LogP) is 4.00. The van der Waals surface area contributed by atoms with Gasteiger partial charge in [-0.05, 0) is 55.5 Å². The number of aliphatic hydroxyl groups excluding tert-OH is 1. The van der Waals surface area contributed by atoms with Crippen LogP contribution in [-0.2, 0) is 33.4 Å². The van der Waals surface area contributed by atoms with E-state index in [1.165, 1.54) is 16.9 Å². The summed E-state index contributed by atoms with van der Waals surface area (Å²) in [4.78, 5) is 59.1. The monoisotopic (exact) mass is 693 g/mol. The van der Waals surface area contributed by atoms with Crippen molar-refractivity contribution in [2.75, 3.05) is 38.3 Å². The highest BCUT2D eigenvalue weighted by Crippen LogP contribution is 2.59. The maximum Gasteiger partial charge on any atom is 0.313 e. The molecule has 3 saturated heterocycles. The minimum absolute atomic E-state index is 0.0545. The van der Waals surface area contributed by atoms with Gasteiger partial charge in [-0.15, -0.1) is 13.2 Å². The van der Waals surface area contributed by atoms with Crippen LogP contribution in [0.4, 0.5) is 5.69 Å². The molecule has 1 spiro atoms. The average molecular weight is 694 g/mol. The third-order valence-electron chi connectivity index (χ3n) is 9.58. The molecule has 0 aliphatic carbocycles. The Bertz CT molecular complexity index is 1520. The average Bonchev–Trinajstić information content (AvgIpc) is 3.75. The van der Waals surface area contributed by atoms with E-state index in [2.05, 4.69) is 18.5 Å². The van der Waals surface area contributed by atoms with Gasteiger partial charge >= 0.3 is 5.97 Å². The molecule has 3 fully saturated rings. The van der Waals surface area contributed by atoms with Crippen LogP contribution in [0.25, 0.3) is 0 Å². The maximum absolute atomic E-state index is 14.6. The molecule has 2 aromatic carbocycles. The molecule has 0 aromatic heterocycles. The third kappa shape index (κ3) is 7.30. The molecule has 11 nitrogen and oxygen atoms in total. The fourth-order valence-electron chi connectivity index (χ4n) is 7.53. The third-order valence-corrected chi connectivity index (χ3v) is 9.84. The number of ether oxygens (including phenoxy) is 3. The van der Waals surface area contributed by atoms with Crippen LogP contribution < -0.4 is 10.2 Å². The molecule has 262 valence electrons. The molecular weight excluding hydrogens is 650 g/mol. The minimum atomic E-state index is -1.28. The van der Waals surface area contributed by atoms with E-state index < -0.39 is 53.6 Å². The van der Waals surface area contributed by atoms with Gasteiger partial charge in [-0.2, -0.15) is 0 Å². The number of hydrogen-bond acceptors (Lipinski definition) is 8. The number of anilines is 1. The van der Waals surface area contributed by atoms with Gasteiger partial charge in [0.25, 0.3) is 5.91 Å². The number of carbonyl (C=O) groups excluding carboxylic acids is 4. The van der Waals surface area contributed by atoms with Gasteiger partial charge in [0.15, 0.2) is 0 Å². The number of amides is 3. The van der Waals surface area contributed by atoms with E-state index in [-0.39, 0.29) is 51.0 Å². The molecule has 3 aliphatic heterocycles. The number of aliphatic hydroxyl groups is 1. The lowest BCUT2D eigenvalue weighted by atomic mass is 9.70. The largest absolute Gasteiger partial charge is 0.455 e. The van der Waals surface area contributed by atoms with Gasteiger partial charge in [-0.25, -0.2) is 0 Å². The van der Waals surface area contributed by atoms with Crippen molar-refractivity contribution >= 4 is 41.0 Å². The van der Waals surface area contributed by atoms with E-state index >= 15 is 0 Å². The predicted molar refractivity (Wildman–Crippen MR) is 184 cm³/mol. The van der Waals surface area contributed by atoms with E-state index in [0.29, 0.717) is 35.5 Å². The number of carbonyl (C=O) groups is 4. The van der Waals surface area contributed by atoms with Crippen molar-refractivity contribution < 1.29 is 38.5 Å². The first-order valence-electron chi connectivity index (χ1n) is 16.6. The molecule has 2 aromatic rings. The van der Waals surface area contributed by atoms with Gasteiger partial charge < -0.3 is 34.4 Å². The number of nitrogens with one attached hydrogen (secondary N) is 1. The quantitative estimate of drug-likeness (QED) is 0.188. The number of methoxy groups -OCH3 is 1. The highest BCUT2D eigenvalue weighted by atomic mass is 35.5. The zero-order valence-electron chi connectivity index (χ0n) is 27.7. The Morgan fingerprint density at radius 2 is 1.90 bits per heavy atom. The first kappa shape index (κ1) is 36.3. The van der Waals surface area contributed by atoms with Gasteiger partial charge in [0.05, 0.1) is 30.6 Å². The zero-order valence-corrected chi connectivity index (χ0v) is 28.4. The topological polar surface area (TPSA) is 135 Å². The lowest BCUT2D eigenvalue weighted by Gasteiger charge is -2.36. The number of hydrogen-bond donors (Lipinski definition) is 2. The number of halogens is 1. The molecule has 2 bridgehead atoms. The van der Waals surface area contributed by atoms with E-state index in [4.69, 9.17) is 25.8 Å². The first-order chi connectivity index (χ1) is 23.7. The highest BCUT2D eigenvalue weighted by molar-refractivity contribution is 6.30. The van der Waals surface area contributed by atoms with Crippen molar-refractivity contribution in [3.63, 3.8) is 0 Å². The van der Waals surface area contributed by atoms with Crippen molar-refractivity contribution in [2.45, 2.75) is 62.0 Å². The molecule has 2 N–H and O–H groups in total.